The Bertz CT molecular complexity index is 364. The zero-order chi connectivity index (χ0) is 12.8. The lowest BCUT2D eigenvalue weighted by atomic mass is 10.1. The Hall–Kier alpha value is -1.33. The third-order valence-electron chi connectivity index (χ3n) is 3.34. The van der Waals surface area contributed by atoms with Crippen molar-refractivity contribution in [2.24, 2.45) is 5.73 Å². The van der Waals surface area contributed by atoms with Gasteiger partial charge in [0.1, 0.15) is 0 Å². The summed E-state index contributed by atoms with van der Waals surface area (Å²) in [4.78, 5) is 17.0. The van der Waals surface area contributed by atoms with E-state index in [4.69, 9.17) is 10.5 Å². The molecule has 2 rings (SSSR count). The van der Waals surface area contributed by atoms with Crippen LogP contribution in [0.15, 0.2) is 18.5 Å². The topological polar surface area (TPSA) is 71.3 Å². The summed E-state index contributed by atoms with van der Waals surface area (Å²) >= 11 is 0. The van der Waals surface area contributed by atoms with Gasteiger partial charge in [-0.3, -0.25) is 4.79 Å². The number of hydrogen-bond acceptors (Lipinski definition) is 3. The number of ether oxygens (including phenoxy) is 1. The molecular formula is C13H21N3O2. The molecule has 0 radical (unpaired) electrons. The highest BCUT2D eigenvalue weighted by molar-refractivity contribution is 5.76. The van der Waals surface area contributed by atoms with Crippen molar-refractivity contribution in [1.29, 1.82) is 0 Å². The van der Waals surface area contributed by atoms with Crippen LogP contribution in [0.4, 0.5) is 0 Å². The highest BCUT2D eigenvalue weighted by atomic mass is 16.5. The van der Waals surface area contributed by atoms with E-state index in [1.165, 1.54) is 5.56 Å². The number of nitrogens with two attached hydrogens (primary N) is 1. The molecule has 5 heteroatoms. The van der Waals surface area contributed by atoms with Crippen LogP contribution in [-0.2, 0) is 16.0 Å². The molecule has 0 bridgehead atoms. The molecule has 1 aromatic heterocycles. The second-order valence-corrected chi connectivity index (χ2v) is 4.62. The molecule has 1 aromatic rings. The maximum absolute atomic E-state index is 12.1. The largest absolute Gasteiger partial charge is 0.377 e. The number of carbonyl (C=O) groups excluding carboxylic acids is 1. The van der Waals surface area contributed by atoms with Gasteiger partial charge in [-0.15, -0.1) is 0 Å². The fourth-order valence-electron chi connectivity index (χ4n) is 2.28. The highest BCUT2D eigenvalue weighted by Crippen LogP contribution is 2.10. The first-order valence-corrected chi connectivity index (χ1v) is 6.50. The molecule has 18 heavy (non-hydrogen) atoms. The standard InChI is InChI=1S/C13H21N3O2/c14-8-12-10-18-7-6-16(12)13(17)3-1-2-11-4-5-15-9-11/h4-5,9,12,15H,1-3,6-8,10,14H2. The van der Waals surface area contributed by atoms with E-state index in [-0.39, 0.29) is 11.9 Å². The normalized spacial score (nSPS) is 20.1. The molecule has 1 saturated heterocycles. The second-order valence-electron chi connectivity index (χ2n) is 4.62. The molecule has 1 atom stereocenters. The summed E-state index contributed by atoms with van der Waals surface area (Å²) in [5.74, 6) is 0.198. The zero-order valence-electron chi connectivity index (χ0n) is 10.6. The van der Waals surface area contributed by atoms with Crippen LogP contribution in [0.25, 0.3) is 0 Å². The van der Waals surface area contributed by atoms with E-state index in [0.717, 1.165) is 12.8 Å². The first-order valence-electron chi connectivity index (χ1n) is 6.50. The number of rotatable bonds is 5. The molecule has 1 amide bonds. The van der Waals surface area contributed by atoms with Crippen LogP contribution in [0.3, 0.4) is 0 Å². The van der Waals surface area contributed by atoms with Crippen LogP contribution >= 0.6 is 0 Å². The quantitative estimate of drug-likeness (QED) is 0.801. The molecule has 1 unspecified atom stereocenters. The van der Waals surface area contributed by atoms with Gasteiger partial charge < -0.3 is 20.4 Å². The number of amides is 1. The lowest BCUT2D eigenvalue weighted by Crippen LogP contribution is -2.52. The van der Waals surface area contributed by atoms with E-state index in [1.807, 2.05) is 23.4 Å². The third-order valence-corrected chi connectivity index (χ3v) is 3.34. The maximum atomic E-state index is 12.1. The fraction of sp³-hybridized carbons (Fsp3) is 0.615. The minimum Gasteiger partial charge on any atom is -0.377 e. The average molecular weight is 251 g/mol. The number of aromatic amines is 1. The Morgan fingerprint density at radius 1 is 1.61 bits per heavy atom. The van der Waals surface area contributed by atoms with Gasteiger partial charge in [0, 0.05) is 31.9 Å². The van der Waals surface area contributed by atoms with E-state index < -0.39 is 0 Å². The first-order chi connectivity index (χ1) is 8.81. The van der Waals surface area contributed by atoms with Crippen molar-refractivity contribution in [2.45, 2.75) is 25.3 Å². The average Bonchev–Trinajstić information content (AvgIpc) is 2.91. The summed E-state index contributed by atoms with van der Waals surface area (Å²) in [7, 11) is 0. The molecule has 5 nitrogen and oxygen atoms in total. The Morgan fingerprint density at radius 2 is 2.50 bits per heavy atom. The van der Waals surface area contributed by atoms with Gasteiger partial charge in [0.2, 0.25) is 5.91 Å². The summed E-state index contributed by atoms with van der Waals surface area (Å²) in [5, 5.41) is 0. The van der Waals surface area contributed by atoms with Crippen LogP contribution in [0.2, 0.25) is 0 Å². The monoisotopic (exact) mass is 251 g/mol. The number of hydrogen-bond donors (Lipinski definition) is 2. The number of morpholine rings is 1. The number of H-pyrrole nitrogens is 1. The first kappa shape index (κ1) is 13.1. The van der Waals surface area contributed by atoms with Crippen LogP contribution in [0, 0.1) is 0 Å². The Kier molecular flexibility index (Phi) is 4.78. The summed E-state index contributed by atoms with van der Waals surface area (Å²) < 4.78 is 5.34. The minimum atomic E-state index is 0.0542. The lowest BCUT2D eigenvalue weighted by molar-refractivity contribution is -0.139. The van der Waals surface area contributed by atoms with Crippen LogP contribution in [-0.4, -0.2) is 48.1 Å². The molecule has 1 aliphatic rings. The van der Waals surface area contributed by atoms with Gasteiger partial charge in [-0.25, -0.2) is 0 Å². The van der Waals surface area contributed by atoms with Crippen LogP contribution in [0.5, 0.6) is 0 Å². The highest BCUT2D eigenvalue weighted by Gasteiger charge is 2.25. The van der Waals surface area contributed by atoms with Gasteiger partial charge in [0.15, 0.2) is 0 Å². The molecule has 2 heterocycles. The van der Waals surface area contributed by atoms with E-state index in [1.54, 1.807) is 0 Å². The van der Waals surface area contributed by atoms with Crippen molar-refractivity contribution < 1.29 is 9.53 Å². The van der Waals surface area contributed by atoms with Gasteiger partial charge in [0.05, 0.1) is 19.3 Å². The number of carbonyl (C=O) groups is 1. The molecule has 0 saturated carbocycles. The third kappa shape index (κ3) is 3.34. The predicted molar refractivity (Wildman–Crippen MR) is 69.1 cm³/mol. The van der Waals surface area contributed by atoms with Gasteiger partial charge in [-0.2, -0.15) is 0 Å². The van der Waals surface area contributed by atoms with Crippen molar-refractivity contribution in [3.05, 3.63) is 24.0 Å². The van der Waals surface area contributed by atoms with Crippen molar-refractivity contribution in [3.63, 3.8) is 0 Å². The summed E-state index contributed by atoms with van der Waals surface area (Å²) in [6.07, 6.45) is 6.28. The molecule has 100 valence electrons. The molecule has 1 fully saturated rings. The van der Waals surface area contributed by atoms with E-state index >= 15 is 0 Å². The summed E-state index contributed by atoms with van der Waals surface area (Å²) in [6.45, 7) is 2.34. The van der Waals surface area contributed by atoms with Crippen molar-refractivity contribution in [1.82, 2.24) is 9.88 Å². The minimum absolute atomic E-state index is 0.0542. The van der Waals surface area contributed by atoms with Gasteiger partial charge in [0.25, 0.3) is 0 Å². The second kappa shape index (κ2) is 6.56. The van der Waals surface area contributed by atoms with Gasteiger partial charge in [-0.05, 0) is 24.5 Å². The summed E-state index contributed by atoms with van der Waals surface area (Å²) in [6, 6.07) is 2.10. The molecular weight excluding hydrogens is 230 g/mol. The maximum Gasteiger partial charge on any atom is 0.223 e. The number of nitrogens with one attached hydrogen (secondary N) is 1. The van der Waals surface area contributed by atoms with E-state index in [0.29, 0.717) is 32.7 Å². The lowest BCUT2D eigenvalue weighted by Gasteiger charge is -2.35. The zero-order valence-corrected chi connectivity index (χ0v) is 10.6. The Balaban J connectivity index is 1.76. The SMILES string of the molecule is NCC1COCCN1C(=O)CCCc1cc[nH]c1. The fourth-order valence-corrected chi connectivity index (χ4v) is 2.28. The van der Waals surface area contributed by atoms with Crippen LogP contribution < -0.4 is 5.73 Å². The van der Waals surface area contributed by atoms with Crippen LogP contribution in [0.1, 0.15) is 18.4 Å². The molecule has 0 aromatic carbocycles. The van der Waals surface area contributed by atoms with E-state index in [2.05, 4.69) is 4.98 Å². The van der Waals surface area contributed by atoms with Gasteiger partial charge >= 0.3 is 0 Å². The van der Waals surface area contributed by atoms with Crippen molar-refractivity contribution in [2.75, 3.05) is 26.3 Å². The van der Waals surface area contributed by atoms with Crippen molar-refractivity contribution in [3.8, 4) is 0 Å². The molecule has 0 aliphatic carbocycles. The number of aryl methyl sites for hydroxylation is 1. The Labute approximate surface area is 107 Å². The summed E-state index contributed by atoms with van der Waals surface area (Å²) in [5.41, 5.74) is 6.91. The van der Waals surface area contributed by atoms with E-state index in [9.17, 15) is 4.79 Å². The van der Waals surface area contributed by atoms with Crippen molar-refractivity contribution >= 4 is 5.91 Å². The predicted octanol–water partition coefficient (Wildman–Crippen LogP) is 0.523. The molecule has 0 spiro atoms. The molecule has 1 aliphatic heterocycles. The van der Waals surface area contributed by atoms with Gasteiger partial charge in [-0.1, -0.05) is 0 Å². The number of aromatic nitrogens is 1. The number of nitrogens with zero attached hydrogens (tertiary/aromatic N) is 1. The molecule has 3 N–H and O–H groups in total. The smallest absolute Gasteiger partial charge is 0.223 e. The Morgan fingerprint density at radius 3 is 3.22 bits per heavy atom.